The summed E-state index contributed by atoms with van der Waals surface area (Å²) in [5.41, 5.74) is -2.23. The maximum Gasteiger partial charge on any atom is 0.283 e. The summed E-state index contributed by atoms with van der Waals surface area (Å²) < 4.78 is 39.4. The monoisotopic (exact) mass is 261 g/mol. The minimum Gasteiger partial charge on any atom is -0.425 e. The zero-order valence-corrected chi connectivity index (χ0v) is 9.70. The fourth-order valence-corrected chi connectivity index (χ4v) is 2.50. The highest BCUT2D eigenvalue weighted by molar-refractivity contribution is 5.24. The lowest BCUT2D eigenvalue weighted by molar-refractivity contribution is 0.131. The Morgan fingerprint density at radius 3 is 2.44 bits per heavy atom. The van der Waals surface area contributed by atoms with Gasteiger partial charge in [-0.2, -0.15) is 0 Å². The van der Waals surface area contributed by atoms with Gasteiger partial charge in [0.05, 0.1) is 5.56 Å². The lowest BCUT2D eigenvalue weighted by Crippen LogP contribution is -2.26. The highest BCUT2D eigenvalue weighted by Gasteiger charge is 2.28. The van der Waals surface area contributed by atoms with E-state index in [1.54, 1.807) is 0 Å². The second-order valence-electron chi connectivity index (χ2n) is 4.58. The van der Waals surface area contributed by atoms with Crippen molar-refractivity contribution in [1.29, 1.82) is 0 Å². The molecule has 1 fully saturated rings. The number of pyridine rings is 1. The van der Waals surface area contributed by atoms with Crippen molar-refractivity contribution in [2.24, 2.45) is 0 Å². The van der Waals surface area contributed by atoms with Gasteiger partial charge in [0.15, 0.2) is 5.82 Å². The van der Waals surface area contributed by atoms with E-state index in [9.17, 15) is 23.2 Å². The van der Waals surface area contributed by atoms with Crippen LogP contribution in [0.15, 0.2) is 10.9 Å². The fraction of sp³-hybridized carbons (Fsp3) is 0.583. The topological polar surface area (TPSA) is 42.2 Å². The lowest BCUT2D eigenvalue weighted by Gasteiger charge is -2.23. The summed E-state index contributed by atoms with van der Waals surface area (Å²) in [7, 11) is 0. The average Bonchev–Trinajstić information content (AvgIpc) is 2.35. The van der Waals surface area contributed by atoms with Gasteiger partial charge in [-0.15, -0.1) is 4.73 Å². The van der Waals surface area contributed by atoms with Crippen LogP contribution in [-0.4, -0.2) is 9.94 Å². The molecule has 1 aromatic heterocycles. The average molecular weight is 261 g/mol. The molecule has 0 bridgehead atoms. The van der Waals surface area contributed by atoms with Crippen molar-refractivity contribution >= 4 is 0 Å². The fourth-order valence-electron chi connectivity index (χ4n) is 2.50. The van der Waals surface area contributed by atoms with Gasteiger partial charge in [0.2, 0.25) is 0 Å². The molecule has 6 heteroatoms. The molecule has 0 saturated heterocycles. The molecule has 18 heavy (non-hydrogen) atoms. The Morgan fingerprint density at radius 1 is 1.28 bits per heavy atom. The first kappa shape index (κ1) is 13.0. The van der Waals surface area contributed by atoms with Gasteiger partial charge < -0.3 is 5.21 Å². The molecular formula is C12H14F3NO2. The molecule has 3 nitrogen and oxygen atoms in total. The van der Waals surface area contributed by atoms with E-state index in [0.29, 0.717) is 18.9 Å². The van der Waals surface area contributed by atoms with Crippen LogP contribution in [0.3, 0.4) is 0 Å². The third-order valence-electron chi connectivity index (χ3n) is 3.42. The smallest absolute Gasteiger partial charge is 0.283 e. The molecule has 0 spiro atoms. The van der Waals surface area contributed by atoms with Crippen molar-refractivity contribution in [3.63, 3.8) is 0 Å². The van der Waals surface area contributed by atoms with Crippen LogP contribution >= 0.6 is 0 Å². The summed E-state index contributed by atoms with van der Waals surface area (Å²) in [5, 5.41) is 9.56. The van der Waals surface area contributed by atoms with Gasteiger partial charge in [-0.25, -0.2) is 13.2 Å². The number of hydrogen-bond acceptors (Lipinski definition) is 2. The molecule has 0 aromatic carbocycles. The first-order valence-corrected chi connectivity index (χ1v) is 5.95. The molecule has 0 atom stereocenters. The van der Waals surface area contributed by atoms with Gasteiger partial charge in [0.1, 0.15) is 5.69 Å². The minimum atomic E-state index is -3.05. The van der Waals surface area contributed by atoms with Crippen LogP contribution < -0.4 is 5.56 Å². The highest BCUT2D eigenvalue weighted by Crippen LogP contribution is 2.35. The SMILES string of the molecule is O=c1cc(C(F)F)c(F)c(C2CCCCC2)n1O. The van der Waals surface area contributed by atoms with Crippen molar-refractivity contribution in [2.75, 3.05) is 0 Å². The Morgan fingerprint density at radius 2 is 1.89 bits per heavy atom. The van der Waals surface area contributed by atoms with Crippen LogP contribution in [0.4, 0.5) is 13.2 Å². The van der Waals surface area contributed by atoms with Gasteiger partial charge >= 0.3 is 0 Å². The van der Waals surface area contributed by atoms with Crippen LogP contribution in [-0.2, 0) is 0 Å². The van der Waals surface area contributed by atoms with E-state index < -0.39 is 23.4 Å². The molecule has 1 N–H and O–H groups in total. The summed E-state index contributed by atoms with van der Waals surface area (Å²) in [6.45, 7) is 0. The molecule has 0 aliphatic heterocycles. The summed E-state index contributed by atoms with van der Waals surface area (Å²) in [4.78, 5) is 11.4. The predicted octanol–water partition coefficient (Wildman–Crippen LogP) is 3.21. The molecule has 0 radical (unpaired) electrons. The molecule has 1 heterocycles. The summed E-state index contributed by atoms with van der Waals surface area (Å²) >= 11 is 0. The zero-order chi connectivity index (χ0) is 13.3. The Hall–Kier alpha value is -1.46. The van der Waals surface area contributed by atoms with Crippen molar-refractivity contribution in [3.05, 3.63) is 33.5 Å². The normalized spacial score (nSPS) is 17.3. The third-order valence-corrected chi connectivity index (χ3v) is 3.42. The van der Waals surface area contributed by atoms with Crippen LogP contribution in [0, 0.1) is 5.82 Å². The molecular weight excluding hydrogens is 247 g/mol. The van der Waals surface area contributed by atoms with Crippen molar-refractivity contribution < 1.29 is 18.4 Å². The Bertz CT molecular complexity index is 493. The van der Waals surface area contributed by atoms with E-state index >= 15 is 0 Å². The van der Waals surface area contributed by atoms with Crippen LogP contribution in [0.25, 0.3) is 0 Å². The van der Waals surface area contributed by atoms with Gasteiger partial charge in [-0.1, -0.05) is 19.3 Å². The Balaban J connectivity index is 2.53. The van der Waals surface area contributed by atoms with E-state index in [1.165, 1.54) is 0 Å². The van der Waals surface area contributed by atoms with Crippen LogP contribution in [0.2, 0.25) is 0 Å². The number of hydrogen-bond donors (Lipinski definition) is 1. The first-order chi connectivity index (χ1) is 8.52. The number of halogens is 3. The van der Waals surface area contributed by atoms with Crippen molar-refractivity contribution in [2.45, 2.75) is 44.4 Å². The molecule has 1 aromatic rings. The molecule has 0 unspecified atom stereocenters. The summed E-state index contributed by atoms with van der Waals surface area (Å²) in [5.74, 6) is -1.52. The van der Waals surface area contributed by atoms with Gasteiger partial charge in [-0.05, 0) is 12.8 Å². The quantitative estimate of drug-likeness (QED) is 0.830. The number of aromatic nitrogens is 1. The number of nitrogens with zero attached hydrogens (tertiary/aromatic N) is 1. The highest BCUT2D eigenvalue weighted by atomic mass is 19.3. The maximum absolute atomic E-state index is 13.9. The zero-order valence-electron chi connectivity index (χ0n) is 9.70. The van der Waals surface area contributed by atoms with Crippen molar-refractivity contribution in [1.82, 2.24) is 4.73 Å². The summed E-state index contributed by atoms with van der Waals surface area (Å²) in [6, 6.07) is 0.451. The summed E-state index contributed by atoms with van der Waals surface area (Å²) in [6.07, 6.45) is 0.838. The Kier molecular flexibility index (Phi) is 3.63. The van der Waals surface area contributed by atoms with Gasteiger partial charge in [0.25, 0.3) is 12.0 Å². The molecule has 0 amide bonds. The van der Waals surface area contributed by atoms with E-state index in [4.69, 9.17) is 0 Å². The maximum atomic E-state index is 13.9. The minimum absolute atomic E-state index is 0.178. The van der Waals surface area contributed by atoms with Gasteiger partial charge in [-0.3, -0.25) is 4.79 Å². The van der Waals surface area contributed by atoms with Crippen LogP contribution in [0.1, 0.15) is 55.7 Å². The predicted molar refractivity (Wildman–Crippen MR) is 58.6 cm³/mol. The van der Waals surface area contributed by atoms with Crippen LogP contribution in [0.5, 0.6) is 0 Å². The second kappa shape index (κ2) is 5.04. The number of alkyl halides is 2. The Labute approximate surface area is 102 Å². The molecule has 1 saturated carbocycles. The van der Waals surface area contributed by atoms with E-state index in [1.807, 2.05) is 0 Å². The molecule has 1 aliphatic rings. The molecule has 100 valence electrons. The first-order valence-electron chi connectivity index (χ1n) is 5.95. The molecule has 2 rings (SSSR count). The standard InChI is InChI=1S/C12H14F3NO2/c13-10-8(12(14)15)6-9(17)16(18)11(10)7-4-2-1-3-5-7/h6-7,12,18H,1-5H2. The van der Waals surface area contributed by atoms with E-state index in [-0.39, 0.29) is 16.3 Å². The van der Waals surface area contributed by atoms with E-state index in [2.05, 4.69) is 0 Å². The third kappa shape index (κ3) is 2.23. The van der Waals surface area contributed by atoms with E-state index in [0.717, 1.165) is 19.3 Å². The largest absolute Gasteiger partial charge is 0.425 e. The second-order valence-corrected chi connectivity index (χ2v) is 4.58. The van der Waals surface area contributed by atoms with Gasteiger partial charge in [0, 0.05) is 12.0 Å². The molecule has 1 aliphatic carbocycles. The number of rotatable bonds is 2. The van der Waals surface area contributed by atoms with Crippen molar-refractivity contribution in [3.8, 4) is 0 Å². The lowest BCUT2D eigenvalue weighted by atomic mass is 9.86.